The summed E-state index contributed by atoms with van der Waals surface area (Å²) in [6.45, 7) is 0. The summed E-state index contributed by atoms with van der Waals surface area (Å²) in [4.78, 5) is 19.7. The number of alkyl halides is 3. The molecule has 0 radical (unpaired) electrons. The van der Waals surface area contributed by atoms with Crippen LogP contribution >= 0.6 is 0 Å². The van der Waals surface area contributed by atoms with Gasteiger partial charge in [0.05, 0.1) is 10.5 Å². The summed E-state index contributed by atoms with van der Waals surface area (Å²) >= 11 is 0. The van der Waals surface area contributed by atoms with Crippen LogP contribution in [-0.4, -0.2) is 10.9 Å². The molecule has 1 aromatic carbocycles. The molecule has 0 fully saturated rings. The van der Waals surface area contributed by atoms with Crippen LogP contribution in [0.1, 0.15) is 11.1 Å². The van der Waals surface area contributed by atoms with Gasteiger partial charge in [0.1, 0.15) is 0 Å². The first kappa shape index (κ1) is 12.9. The smallest absolute Gasteiger partial charge is 0.416 e. The molecule has 0 bridgehead atoms. The van der Waals surface area contributed by atoms with Gasteiger partial charge < -0.3 is 9.90 Å². The van der Waals surface area contributed by atoms with Crippen LogP contribution in [0, 0.1) is 10.1 Å². The number of hydrogen-bond acceptors (Lipinski definition) is 4. The normalized spacial score (nSPS) is 11.2. The van der Waals surface area contributed by atoms with E-state index in [-0.39, 0.29) is 5.56 Å². The number of carboxylic acid groups (broad SMARTS) is 1. The zero-order valence-electron chi connectivity index (χ0n) is 8.15. The summed E-state index contributed by atoms with van der Waals surface area (Å²) in [5.41, 5.74) is -2.42. The molecule has 0 spiro atoms. The highest BCUT2D eigenvalue weighted by atomic mass is 19.4. The van der Waals surface area contributed by atoms with Gasteiger partial charge in [0.2, 0.25) is 0 Å². The Hall–Kier alpha value is -2.12. The van der Waals surface area contributed by atoms with Gasteiger partial charge in [0.15, 0.2) is 0 Å². The Morgan fingerprint density at radius 2 is 1.94 bits per heavy atom. The zero-order chi connectivity index (χ0) is 13.2. The van der Waals surface area contributed by atoms with Crippen molar-refractivity contribution in [1.29, 1.82) is 0 Å². The van der Waals surface area contributed by atoms with Gasteiger partial charge in [0.25, 0.3) is 5.69 Å². The number of carbonyl (C=O) groups excluding carboxylic acids is 1. The molecule has 0 aliphatic carbocycles. The minimum Gasteiger partial charge on any atom is -0.550 e. The number of nitro benzene ring substituents is 1. The van der Waals surface area contributed by atoms with Gasteiger partial charge in [-0.1, -0.05) is 6.07 Å². The van der Waals surface area contributed by atoms with E-state index in [2.05, 4.69) is 0 Å². The van der Waals surface area contributed by atoms with Gasteiger partial charge in [-0.3, -0.25) is 10.1 Å². The Morgan fingerprint density at radius 1 is 1.35 bits per heavy atom. The molecule has 8 heteroatoms. The van der Waals surface area contributed by atoms with Crippen molar-refractivity contribution < 1.29 is 28.0 Å². The number of halogens is 3. The lowest BCUT2D eigenvalue weighted by Crippen LogP contribution is -2.24. The lowest BCUT2D eigenvalue weighted by atomic mass is 10.1. The number of nitrogens with zero attached hydrogens (tertiary/aromatic N) is 1. The van der Waals surface area contributed by atoms with Crippen molar-refractivity contribution in [2.45, 2.75) is 12.6 Å². The first-order valence-corrected chi connectivity index (χ1v) is 4.26. The molecule has 5 nitrogen and oxygen atoms in total. The molecule has 1 rings (SSSR count). The number of hydrogen-bond donors (Lipinski definition) is 0. The maximum atomic E-state index is 12.3. The second-order valence-corrected chi connectivity index (χ2v) is 3.15. The second-order valence-electron chi connectivity index (χ2n) is 3.15. The van der Waals surface area contributed by atoms with E-state index in [0.29, 0.717) is 12.1 Å². The number of benzene rings is 1. The van der Waals surface area contributed by atoms with Gasteiger partial charge in [0, 0.05) is 24.0 Å². The van der Waals surface area contributed by atoms with Crippen molar-refractivity contribution in [3.63, 3.8) is 0 Å². The van der Waals surface area contributed by atoms with Crippen molar-refractivity contribution in [2.75, 3.05) is 0 Å². The number of carbonyl (C=O) groups is 1. The standard InChI is InChI=1S/C9H6F3NO4/c10-9(11,12)6-2-1-5(3-8(14)15)7(4-6)13(16)17/h1-2,4H,3H2,(H,14,15)/p-1. The SMILES string of the molecule is O=C([O-])Cc1ccc(C(F)(F)F)cc1[N+](=O)[O-]. The quantitative estimate of drug-likeness (QED) is 0.587. The molecule has 0 saturated carbocycles. The lowest BCUT2D eigenvalue weighted by Gasteiger charge is -2.09. The Bertz CT molecular complexity index is 470. The maximum absolute atomic E-state index is 12.3. The van der Waals surface area contributed by atoms with E-state index in [1.807, 2.05) is 0 Å². The van der Waals surface area contributed by atoms with Crippen LogP contribution in [0.25, 0.3) is 0 Å². The second kappa shape index (κ2) is 4.40. The summed E-state index contributed by atoms with van der Waals surface area (Å²) in [5.74, 6) is -1.60. The van der Waals surface area contributed by atoms with Crippen molar-refractivity contribution >= 4 is 11.7 Å². The molecule has 0 aliphatic rings. The Morgan fingerprint density at radius 3 is 2.35 bits per heavy atom. The van der Waals surface area contributed by atoms with Gasteiger partial charge >= 0.3 is 6.18 Å². The predicted molar refractivity (Wildman–Crippen MR) is 46.8 cm³/mol. The Balaban J connectivity index is 3.27. The van der Waals surface area contributed by atoms with Crippen molar-refractivity contribution in [2.24, 2.45) is 0 Å². The highest BCUT2D eigenvalue weighted by Gasteiger charge is 2.32. The monoisotopic (exact) mass is 248 g/mol. The van der Waals surface area contributed by atoms with Crippen LogP contribution in [-0.2, 0) is 17.4 Å². The van der Waals surface area contributed by atoms with E-state index in [9.17, 15) is 33.2 Å². The molecule has 0 heterocycles. The van der Waals surface area contributed by atoms with E-state index in [1.165, 1.54) is 0 Å². The fourth-order valence-electron chi connectivity index (χ4n) is 1.22. The fourth-order valence-corrected chi connectivity index (χ4v) is 1.22. The third kappa shape index (κ3) is 3.16. The number of nitro groups is 1. The zero-order valence-corrected chi connectivity index (χ0v) is 8.15. The van der Waals surface area contributed by atoms with Crippen LogP contribution in [0.4, 0.5) is 18.9 Å². The van der Waals surface area contributed by atoms with Crippen LogP contribution in [0.2, 0.25) is 0 Å². The average Bonchev–Trinajstić information content (AvgIpc) is 2.15. The van der Waals surface area contributed by atoms with Crippen LogP contribution in [0.5, 0.6) is 0 Å². The molecule has 0 unspecified atom stereocenters. The third-order valence-corrected chi connectivity index (χ3v) is 1.94. The summed E-state index contributed by atoms with van der Waals surface area (Å²) in [6, 6.07) is 1.65. The van der Waals surface area contributed by atoms with E-state index in [0.717, 1.165) is 6.07 Å². The van der Waals surface area contributed by atoms with Crippen LogP contribution in [0.15, 0.2) is 18.2 Å². The van der Waals surface area contributed by atoms with E-state index in [4.69, 9.17) is 0 Å². The summed E-state index contributed by atoms with van der Waals surface area (Å²) in [5, 5.41) is 20.8. The lowest BCUT2D eigenvalue weighted by molar-refractivity contribution is -0.386. The molecular weight excluding hydrogens is 243 g/mol. The highest BCUT2D eigenvalue weighted by Crippen LogP contribution is 2.33. The molecule has 0 aromatic heterocycles. The van der Waals surface area contributed by atoms with E-state index in [1.54, 1.807) is 0 Å². The minimum absolute atomic E-state index is 0.304. The molecule has 17 heavy (non-hydrogen) atoms. The van der Waals surface area contributed by atoms with Crippen LogP contribution < -0.4 is 5.11 Å². The van der Waals surface area contributed by atoms with Crippen LogP contribution in [0.3, 0.4) is 0 Å². The van der Waals surface area contributed by atoms with Crippen molar-refractivity contribution in [3.8, 4) is 0 Å². The van der Waals surface area contributed by atoms with Gasteiger partial charge in [-0.2, -0.15) is 13.2 Å². The summed E-state index contributed by atoms with van der Waals surface area (Å²) in [7, 11) is 0. The topological polar surface area (TPSA) is 83.3 Å². The van der Waals surface area contributed by atoms with Crippen molar-refractivity contribution in [3.05, 3.63) is 39.4 Å². The van der Waals surface area contributed by atoms with Gasteiger partial charge in [-0.05, 0) is 6.07 Å². The molecule has 92 valence electrons. The molecule has 1 aromatic rings. The third-order valence-electron chi connectivity index (χ3n) is 1.94. The van der Waals surface area contributed by atoms with Crippen molar-refractivity contribution in [1.82, 2.24) is 0 Å². The summed E-state index contributed by atoms with van der Waals surface area (Å²) < 4.78 is 36.8. The Labute approximate surface area is 92.6 Å². The molecule has 0 atom stereocenters. The molecule has 0 aliphatic heterocycles. The molecule has 0 saturated heterocycles. The number of carboxylic acids is 1. The number of rotatable bonds is 3. The fraction of sp³-hybridized carbons (Fsp3) is 0.222. The first-order chi connectivity index (χ1) is 7.71. The van der Waals surface area contributed by atoms with Gasteiger partial charge in [-0.15, -0.1) is 0 Å². The largest absolute Gasteiger partial charge is 0.550 e. The Kier molecular flexibility index (Phi) is 3.35. The molecule has 0 N–H and O–H groups in total. The average molecular weight is 248 g/mol. The number of aliphatic carboxylic acids is 1. The van der Waals surface area contributed by atoms with E-state index < -0.39 is 34.7 Å². The minimum atomic E-state index is -4.72. The maximum Gasteiger partial charge on any atom is 0.416 e. The molecular formula is C9H5F3NO4-. The highest BCUT2D eigenvalue weighted by molar-refractivity contribution is 5.70. The van der Waals surface area contributed by atoms with E-state index >= 15 is 0 Å². The summed E-state index contributed by atoms with van der Waals surface area (Å²) in [6.07, 6.45) is -5.53. The van der Waals surface area contributed by atoms with Gasteiger partial charge in [-0.25, -0.2) is 0 Å². The first-order valence-electron chi connectivity index (χ1n) is 4.26. The molecule has 0 amide bonds. The predicted octanol–water partition coefficient (Wildman–Crippen LogP) is 0.906.